The van der Waals surface area contributed by atoms with Crippen LogP contribution in [0.15, 0.2) is 42.7 Å². The van der Waals surface area contributed by atoms with E-state index in [1.807, 2.05) is 41.1 Å². The molecule has 1 unspecified atom stereocenters. The molecule has 0 aromatic carbocycles. The number of pyridine rings is 2. The van der Waals surface area contributed by atoms with Gasteiger partial charge in [-0.2, -0.15) is 0 Å². The first kappa shape index (κ1) is 19.3. The van der Waals surface area contributed by atoms with Gasteiger partial charge in [-0.15, -0.1) is 0 Å². The topological polar surface area (TPSA) is 53.7 Å². The number of fused-ring (bicyclic) bond motifs is 1. The van der Waals surface area contributed by atoms with Crippen LogP contribution in [0.25, 0.3) is 17.3 Å². The summed E-state index contributed by atoms with van der Waals surface area (Å²) in [4.78, 5) is 26.0. The summed E-state index contributed by atoms with van der Waals surface area (Å²) in [5.41, 5.74) is 4.02. The van der Waals surface area contributed by atoms with Crippen LogP contribution in [0.2, 0.25) is 0 Å². The number of nitrogens with zero attached hydrogens (tertiary/aromatic N) is 5. The first-order valence-electron chi connectivity index (χ1n) is 10.1. The molecule has 0 radical (unpaired) electrons. The Hall–Kier alpha value is -2.99. The van der Waals surface area contributed by atoms with E-state index >= 15 is 0 Å². The van der Waals surface area contributed by atoms with Gasteiger partial charge in [0.15, 0.2) is 6.29 Å². The fraction of sp³-hybridized carbons (Fsp3) is 0.348. The van der Waals surface area contributed by atoms with Crippen molar-refractivity contribution in [2.45, 2.75) is 26.3 Å². The summed E-state index contributed by atoms with van der Waals surface area (Å²) >= 11 is 0. The molecule has 1 fully saturated rings. The largest absolute Gasteiger partial charge is 0.354 e. The molecule has 6 nitrogen and oxygen atoms in total. The summed E-state index contributed by atoms with van der Waals surface area (Å²) in [6, 6.07) is 10.5. The summed E-state index contributed by atoms with van der Waals surface area (Å²) in [6.45, 7) is 7.33. The standard InChI is InChI=1S/C23H27N5O/c1-4-20-18(8-9-23(24-20)28-12-11-26(3)17(2)14-28)13-19(16-29)21-15-27-10-6-5-7-22(27)25-21/h5-10,13,15-17H,4,11-12,14H2,1-3H3/b19-13+. The number of imidazole rings is 1. The van der Waals surface area contributed by atoms with Crippen LogP contribution < -0.4 is 4.90 Å². The SMILES string of the molecule is CCc1nc(N2CCN(C)C(C)C2)ccc1/C=C(\C=O)c1cn2ccccc2n1. The van der Waals surface area contributed by atoms with Crippen LogP contribution in [0.1, 0.15) is 30.8 Å². The van der Waals surface area contributed by atoms with E-state index in [1.165, 1.54) is 0 Å². The van der Waals surface area contributed by atoms with Gasteiger partial charge in [-0.1, -0.05) is 13.0 Å². The number of carbonyl (C=O) groups excluding carboxylic acids is 1. The molecular formula is C23H27N5O. The highest BCUT2D eigenvalue weighted by Crippen LogP contribution is 2.23. The number of piperazine rings is 1. The smallest absolute Gasteiger partial charge is 0.152 e. The van der Waals surface area contributed by atoms with Crippen LogP contribution >= 0.6 is 0 Å². The summed E-state index contributed by atoms with van der Waals surface area (Å²) in [6.07, 6.45) is 7.39. The van der Waals surface area contributed by atoms with Crippen molar-refractivity contribution < 1.29 is 4.79 Å². The molecule has 4 heterocycles. The number of aryl methyl sites for hydroxylation is 1. The van der Waals surface area contributed by atoms with E-state index in [-0.39, 0.29) is 0 Å². The second-order valence-electron chi connectivity index (χ2n) is 7.64. The van der Waals surface area contributed by atoms with Crippen molar-refractivity contribution in [1.29, 1.82) is 0 Å². The Labute approximate surface area is 171 Å². The number of anilines is 1. The highest BCUT2D eigenvalue weighted by molar-refractivity contribution is 6.12. The minimum absolute atomic E-state index is 0.506. The number of hydrogen-bond acceptors (Lipinski definition) is 5. The molecule has 0 bridgehead atoms. The average Bonchev–Trinajstić information content (AvgIpc) is 3.18. The lowest BCUT2D eigenvalue weighted by molar-refractivity contribution is -0.103. The van der Waals surface area contributed by atoms with Crippen molar-refractivity contribution >= 4 is 29.4 Å². The predicted molar refractivity (Wildman–Crippen MR) is 117 cm³/mol. The molecule has 0 N–H and O–H groups in total. The van der Waals surface area contributed by atoms with E-state index in [4.69, 9.17) is 4.98 Å². The highest BCUT2D eigenvalue weighted by atomic mass is 16.1. The molecule has 1 aliphatic heterocycles. The maximum Gasteiger partial charge on any atom is 0.152 e. The monoisotopic (exact) mass is 389 g/mol. The Morgan fingerprint density at radius 2 is 2.07 bits per heavy atom. The molecule has 0 saturated carbocycles. The van der Waals surface area contributed by atoms with Crippen molar-refractivity contribution in [3.8, 4) is 0 Å². The van der Waals surface area contributed by atoms with E-state index in [0.29, 0.717) is 17.3 Å². The van der Waals surface area contributed by atoms with Gasteiger partial charge in [0.1, 0.15) is 11.5 Å². The van der Waals surface area contributed by atoms with Gasteiger partial charge < -0.3 is 14.2 Å². The number of carbonyl (C=O) groups is 1. The van der Waals surface area contributed by atoms with Crippen LogP contribution in [-0.4, -0.2) is 58.3 Å². The minimum atomic E-state index is 0.506. The summed E-state index contributed by atoms with van der Waals surface area (Å²) in [7, 11) is 2.17. The van der Waals surface area contributed by atoms with E-state index < -0.39 is 0 Å². The Balaban J connectivity index is 1.65. The van der Waals surface area contributed by atoms with Crippen LogP contribution in [0.4, 0.5) is 5.82 Å². The zero-order valence-corrected chi connectivity index (χ0v) is 17.2. The lowest BCUT2D eigenvalue weighted by Gasteiger charge is -2.38. The van der Waals surface area contributed by atoms with Gasteiger partial charge in [0.05, 0.1) is 5.69 Å². The second-order valence-corrected chi connectivity index (χ2v) is 7.64. The van der Waals surface area contributed by atoms with Crippen LogP contribution in [-0.2, 0) is 11.2 Å². The molecule has 3 aromatic heterocycles. The zero-order chi connectivity index (χ0) is 20.4. The highest BCUT2D eigenvalue weighted by Gasteiger charge is 2.22. The first-order valence-corrected chi connectivity index (χ1v) is 10.1. The first-order chi connectivity index (χ1) is 14.1. The fourth-order valence-electron chi connectivity index (χ4n) is 3.76. The normalized spacial score (nSPS) is 18.4. The number of rotatable bonds is 5. The summed E-state index contributed by atoms with van der Waals surface area (Å²) in [5, 5.41) is 0. The van der Waals surface area contributed by atoms with Gasteiger partial charge in [-0.3, -0.25) is 4.79 Å². The molecule has 4 rings (SSSR count). The molecular weight excluding hydrogens is 362 g/mol. The number of aromatic nitrogens is 3. The molecule has 0 aliphatic carbocycles. The third kappa shape index (κ3) is 3.93. The lowest BCUT2D eigenvalue weighted by Crippen LogP contribution is -2.50. The molecule has 0 spiro atoms. The molecule has 3 aromatic rings. The van der Waals surface area contributed by atoms with Gasteiger partial charge in [-0.05, 0) is 56.3 Å². The maximum atomic E-state index is 11.8. The second kappa shape index (κ2) is 8.17. The molecule has 1 saturated heterocycles. The third-order valence-electron chi connectivity index (χ3n) is 5.71. The molecule has 6 heteroatoms. The Morgan fingerprint density at radius 3 is 2.79 bits per heavy atom. The van der Waals surface area contributed by atoms with E-state index in [9.17, 15) is 4.79 Å². The third-order valence-corrected chi connectivity index (χ3v) is 5.71. The molecule has 150 valence electrons. The quantitative estimate of drug-likeness (QED) is 0.496. The molecule has 29 heavy (non-hydrogen) atoms. The van der Waals surface area contributed by atoms with Crippen molar-refractivity contribution in [2.24, 2.45) is 0 Å². The lowest BCUT2D eigenvalue weighted by atomic mass is 10.1. The Morgan fingerprint density at radius 1 is 1.21 bits per heavy atom. The van der Waals surface area contributed by atoms with E-state index in [0.717, 1.165) is 55.1 Å². The fourth-order valence-corrected chi connectivity index (χ4v) is 3.76. The molecule has 1 aliphatic rings. The number of likely N-dealkylation sites (N-methyl/N-ethyl adjacent to an activating group) is 1. The predicted octanol–water partition coefficient (Wildman–Crippen LogP) is 3.17. The van der Waals surface area contributed by atoms with Crippen molar-refractivity contribution in [2.75, 3.05) is 31.6 Å². The maximum absolute atomic E-state index is 11.8. The van der Waals surface area contributed by atoms with Gasteiger partial charge in [0.25, 0.3) is 0 Å². The summed E-state index contributed by atoms with van der Waals surface area (Å²) in [5.74, 6) is 1.01. The summed E-state index contributed by atoms with van der Waals surface area (Å²) < 4.78 is 1.92. The van der Waals surface area contributed by atoms with Gasteiger partial charge in [0, 0.05) is 49.3 Å². The average molecular weight is 390 g/mol. The van der Waals surface area contributed by atoms with Gasteiger partial charge in [0.2, 0.25) is 0 Å². The van der Waals surface area contributed by atoms with Crippen molar-refractivity contribution in [3.05, 3.63) is 59.7 Å². The van der Waals surface area contributed by atoms with Gasteiger partial charge >= 0.3 is 0 Å². The van der Waals surface area contributed by atoms with Crippen molar-refractivity contribution in [3.63, 3.8) is 0 Å². The minimum Gasteiger partial charge on any atom is -0.354 e. The Kier molecular flexibility index (Phi) is 5.45. The van der Waals surface area contributed by atoms with Gasteiger partial charge in [-0.25, -0.2) is 9.97 Å². The number of allylic oxidation sites excluding steroid dienone is 1. The van der Waals surface area contributed by atoms with Crippen LogP contribution in [0.5, 0.6) is 0 Å². The Bertz CT molecular complexity index is 1020. The van der Waals surface area contributed by atoms with Crippen LogP contribution in [0, 0.1) is 0 Å². The number of aldehydes is 1. The van der Waals surface area contributed by atoms with Crippen LogP contribution in [0.3, 0.4) is 0 Å². The van der Waals surface area contributed by atoms with E-state index in [1.54, 1.807) is 0 Å². The molecule has 0 amide bonds. The van der Waals surface area contributed by atoms with E-state index in [2.05, 4.69) is 47.8 Å². The molecule has 1 atom stereocenters. The number of hydrogen-bond donors (Lipinski definition) is 0. The zero-order valence-electron chi connectivity index (χ0n) is 17.2. The van der Waals surface area contributed by atoms with Crippen molar-refractivity contribution in [1.82, 2.24) is 19.3 Å².